The average molecular weight is 420 g/mol. The maximum atomic E-state index is 10.1. The van der Waals surface area contributed by atoms with E-state index in [1.54, 1.807) is 0 Å². The topological polar surface area (TPSA) is 32.6 Å². The van der Waals surface area contributed by atoms with Crippen molar-refractivity contribution in [3.63, 3.8) is 0 Å². The summed E-state index contributed by atoms with van der Waals surface area (Å²) in [5, 5.41) is 10.1. The van der Waals surface area contributed by atoms with Crippen molar-refractivity contribution in [1.82, 2.24) is 0 Å². The second-order valence-corrected chi connectivity index (χ2v) is 10.1. The first-order valence-corrected chi connectivity index (χ1v) is 14.2. The van der Waals surface area contributed by atoms with Gasteiger partial charge in [-0.25, -0.2) is 0 Å². The Labute approximate surface area is 152 Å². The second kappa shape index (κ2) is 8.85. The molecule has 1 aromatic carbocycles. The molecular weight excluding hydrogens is 396 g/mol. The fraction of sp³-hybridized carbons (Fsp3) is 0.588. The molecule has 0 aromatic heterocycles. The molecule has 3 saturated carbocycles. The Hall–Kier alpha value is 0.153. The van der Waals surface area contributed by atoms with E-state index in [2.05, 4.69) is 0 Å². The standard InChI is InChI=1S/C17H23NO.2ClH.Zr/c1-13-4-2-6-15(16(13)19)12-18-17-9-3-5-14(7-10-17)8-11-17;;;/h2,4,6,12,14,19H,3,5,7-11H2,1H3;2*1H;/q;;;+2/p-2. The molecule has 0 amide bonds. The Bertz CT molecular complexity index is 508. The second-order valence-electron chi connectivity index (χ2n) is 6.40. The molecule has 0 atom stereocenters. The molecule has 0 aliphatic heterocycles. The van der Waals surface area contributed by atoms with Crippen LogP contribution in [0.15, 0.2) is 23.2 Å². The van der Waals surface area contributed by atoms with E-state index in [9.17, 15) is 5.11 Å². The normalized spacial score (nSPS) is 27.1. The van der Waals surface area contributed by atoms with Gasteiger partial charge < -0.3 is 5.11 Å². The van der Waals surface area contributed by atoms with E-state index in [-0.39, 0.29) is 5.54 Å². The Morgan fingerprint density at radius 3 is 2.59 bits per heavy atom. The Morgan fingerprint density at radius 1 is 1.23 bits per heavy atom. The minimum absolute atomic E-state index is 0.170. The van der Waals surface area contributed by atoms with Crippen LogP contribution in [0.1, 0.15) is 56.1 Å². The van der Waals surface area contributed by atoms with Crippen LogP contribution in [-0.4, -0.2) is 16.9 Å². The summed E-state index contributed by atoms with van der Waals surface area (Å²) in [6.45, 7) is 1.93. The monoisotopic (exact) mass is 417 g/mol. The number of halogens is 2. The van der Waals surface area contributed by atoms with E-state index in [1.807, 2.05) is 31.3 Å². The van der Waals surface area contributed by atoms with Gasteiger partial charge in [-0.15, -0.1) is 0 Å². The summed E-state index contributed by atoms with van der Waals surface area (Å²) in [7, 11) is 9.87. The number of aromatic hydroxyl groups is 1. The molecule has 3 fully saturated rings. The molecule has 120 valence electrons. The summed E-state index contributed by atoms with van der Waals surface area (Å²) in [6, 6.07) is 5.87. The summed E-state index contributed by atoms with van der Waals surface area (Å²) >= 11 is -0.826. The zero-order chi connectivity index (χ0) is 16.0. The number of nitrogens with zero attached hydrogens (tertiary/aromatic N) is 1. The van der Waals surface area contributed by atoms with Gasteiger partial charge in [0.15, 0.2) is 0 Å². The number of phenols is 1. The molecule has 0 radical (unpaired) electrons. The molecule has 3 aliphatic carbocycles. The van der Waals surface area contributed by atoms with Crippen molar-refractivity contribution in [2.24, 2.45) is 10.9 Å². The SMILES string of the molecule is Cc1cccc(C=NC23CCCC(CC2)CC3)c1O.[Cl][Zr][Cl]. The van der Waals surface area contributed by atoms with Gasteiger partial charge in [0.05, 0.1) is 5.54 Å². The van der Waals surface area contributed by atoms with Crippen LogP contribution in [-0.2, 0) is 20.8 Å². The predicted octanol–water partition coefficient (Wildman–Crippen LogP) is 5.61. The molecule has 1 aromatic rings. The molecule has 2 nitrogen and oxygen atoms in total. The van der Waals surface area contributed by atoms with Crippen LogP contribution in [0.3, 0.4) is 0 Å². The number of aryl methyl sites for hydroxylation is 1. The third kappa shape index (κ3) is 4.82. The van der Waals surface area contributed by atoms with Crippen molar-refractivity contribution >= 4 is 23.2 Å². The van der Waals surface area contributed by atoms with Crippen LogP contribution < -0.4 is 0 Å². The van der Waals surface area contributed by atoms with Crippen LogP contribution in [0.2, 0.25) is 0 Å². The van der Waals surface area contributed by atoms with E-state index < -0.39 is 20.8 Å². The van der Waals surface area contributed by atoms with Crippen molar-refractivity contribution in [1.29, 1.82) is 0 Å². The molecular formula is C17H23Cl2NOZr. The summed E-state index contributed by atoms with van der Waals surface area (Å²) in [5.74, 6) is 1.34. The number of hydrogen-bond acceptors (Lipinski definition) is 2. The molecule has 0 saturated heterocycles. The summed E-state index contributed by atoms with van der Waals surface area (Å²) in [5.41, 5.74) is 1.95. The van der Waals surface area contributed by atoms with E-state index >= 15 is 0 Å². The van der Waals surface area contributed by atoms with Crippen molar-refractivity contribution in [3.8, 4) is 5.75 Å². The molecule has 0 heterocycles. The van der Waals surface area contributed by atoms with Gasteiger partial charge >= 0.3 is 37.9 Å². The van der Waals surface area contributed by atoms with Gasteiger partial charge in [0.25, 0.3) is 0 Å². The van der Waals surface area contributed by atoms with E-state index in [1.165, 1.54) is 44.9 Å². The number of phenolic OH excluding ortho intramolecular Hbond substituents is 1. The predicted molar refractivity (Wildman–Crippen MR) is 90.7 cm³/mol. The quantitative estimate of drug-likeness (QED) is 0.621. The van der Waals surface area contributed by atoms with Gasteiger partial charge in [-0.2, -0.15) is 0 Å². The number of aliphatic imine (C=N–C) groups is 1. The Morgan fingerprint density at radius 2 is 1.91 bits per heavy atom. The summed E-state index contributed by atoms with van der Waals surface area (Å²) < 4.78 is 0. The van der Waals surface area contributed by atoms with Gasteiger partial charge in [0, 0.05) is 11.8 Å². The van der Waals surface area contributed by atoms with Crippen molar-refractivity contribution < 1.29 is 26.0 Å². The molecule has 2 bridgehead atoms. The van der Waals surface area contributed by atoms with Crippen LogP contribution >= 0.6 is 17.0 Å². The number of benzene rings is 1. The number of rotatable bonds is 2. The van der Waals surface area contributed by atoms with Gasteiger partial charge in [-0.05, 0) is 56.6 Å². The van der Waals surface area contributed by atoms with E-state index in [0.717, 1.165) is 17.0 Å². The average Bonchev–Trinajstić information content (AvgIpc) is 2.84. The first kappa shape index (κ1) is 18.5. The molecule has 22 heavy (non-hydrogen) atoms. The van der Waals surface area contributed by atoms with Gasteiger partial charge in [-0.3, -0.25) is 4.99 Å². The Kier molecular flexibility index (Phi) is 7.44. The first-order chi connectivity index (χ1) is 10.6. The molecule has 1 N–H and O–H groups in total. The Balaban J connectivity index is 0.000000545. The zero-order valence-corrected chi connectivity index (χ0v) is 17.0. The summed E-state index contributed by atoms with van der Waals surface area (Å²) in [6.07, 6.45) is 11.0. The van der Waals surface area contributed by atoms with Crippen molar-refractivity contribution in [2.75, 3.05) is 0 Å². The van der Waals surface area contributed by atoms with E-state index in [0.29, 0.717) is 5.75 Å². The fourth-order valence-electron chi connectivity index (χ4n) is 3.66. The maximum absolute atomic E-state index is 10.1. The number of hydrogen-bond donors (Lipinski definition) is 1. The van der Waals surface area contributed by atoms with Crippen molar-refractivity contribution in [3.05, 3.63) is 29.3 Å². The fourth-order valence-corrected chi connectivity index (χ4v) is 3.66. The van der Waals surface area contributed by atoms with E-state index in [4.69, 9.17) is 22.0 Å². The summed E-state index contributed by atoms with van der Waals surface area (Å²) in [4.78, 5) is 4.92. The molecule has 3 aliphatic rings. The van der Waals surface area contributed by atoms with Gasteiger partial charge in [0.2, 0.25) is 0 Å². The number of fused-ring (bicyclic) bond motifs is 4. The van der Waals surface area contributed by atoms with Crippen molar-refractivity contribution in [2.45, 2.75) is 57.4 Å². The third-order valence-corrected chi connectivity index (χ3v) is 5.04. The van der Waals surface area contributed by atoms with Crippen LogP contribution in [0, 0.1) is 12.8 Å². The third-order valence-electron chi connectivity index (χ3n) is 5.04. The van der Waals surface area contributed by atoms with Crippen LogP contribution in [0.25, 0.3) is 0 Å². The number of para-hydroxylation sites is 1. The molecule has 5 heteroatoms. The molecule has 0 unspecified atom stereocenters. The van der Waals surface area contributed by atoms with Gasteiger partial charge in [-0.1, -0.05) is 25.0 Å². The van der Waals surface area contributed by atoms with Crippen LogP contribution in [0.4, 0.5) is 0 Å². The molecule has 4 rings (SSSR count). The first-order valence-electron chi connectivity index (χ1n) is 7.90. The zero-order valence-electron chi connectivity index (χ0n) is 13.0. The minimum atomic E-state index is -0.826. The van der Waals surface area contributed by atoms with Gasteiger partial charge in [0.1, 0.15) is 5.75 Å². The molecule has 0 spiro atoms. The van der Waals surface area contributed by atoms with Crippen LogP contribution in [0.5, 0.6) is 5.75 Å².